The molecule has 22 heavy (non-hydrogen) atoms. The van der Waals surface area contributed by atoms with Gasteiger partial charge in [-0.1, -0.05) is 54.6 Å². The normalized spacial score (nSPS) is 11.1. The third-order valence-corrected chi connectivity index (χ3v) is 4.36. The van der Waals surface area contributed by atoms with E-state index in [1.54, 1.807) is 11.8 Å². The standard InChI is InChI=1S/C17H18N2O2S/c20-11-4-1-5-12-22-17-19-18-16(21-17)15-10-6-8-13-7-2-3-9-14(13)15/h2-3,6-10,20H,1,4-5,11-12H2. The molecule has 1 aromatic heterocycles. The van der Waals surface area contributed by atoms with Gasteiger partial charge in [0.2, 0.25) is 5.89 Å². The van der Waals surface area contributed by atoms with E-state index in [0.29, 0.717) is 11.1 Å². The number of benzene rings is 2. The second kappa shape index (κ2) is 7.42. The van der Waals surface area contributed by atoms with Crippen molar-refractivity contribution in [2.45, 2.75) is 24.5 Å². The molecule has 114 valence electrons. The van der Waals surface area contributed by atoms with Crippen LogP contribution in [0.25, 0.3) is 22.2 Å². The minimum atomic E-state index is 0.260. The average molecular weight is 314 g/mol. The van der Waals surface area contributed by atoms with Crippen molar-refractivity contribution in [2.24, 2.45) is 0 Å². The minimum absolute atomic E-state index is 0.260. The van der Waals surface area contributed by atoms with Crippen molar-refractivity contribution in [1.29, 1.82) is 0 Å². The molecule has 0 saturated heterocycles. The number of nitrogens with zero attached hydrogens (tertiary/aromatic N) is 2. The van der Waals surface area contributed by atoms with E-state index in [-0.39, 0.29) is 6.61 Å². The predicted molar refractivity (Wildman–Crippen MR) is 88.9 cm³/mol. The van der Waals surface area contributed by atoms with Crippen LogP contribution in [0.2, 0.25) is 0 Å². The molecule has 0 spiro atoms. The third-order valence-electron chi connectivity index (χ3n) is 3.45. The molecule has 3 rings (SSSR count). The number of aliphatic hydroxyl groups is 1. The van der Waals surface area contributed by atoms with Gasteiger partial charge in [0.15, 0.2) is 0 Å². The largest absolute Gasteiger partial charge is 0.411 e. The zero-order valence-electron chi connectivity index (χ0n) is 12.2. The highest BCUT2D eigenvalue weighted by molar-refractivity contribution is 7.99. The van der Waals surface area contributed by atoms with Gasteiger partial charge < -0.3 is 9.52 Å². The second-order valence-electron chi connectivity index (χ2n) is 5.03. The molecule has 0 aliphatic carbocycles. The van der Waals surface area contributed by atoms with Gasteiger partial charge in [-0.15, -0.1) is 10.2 Å². The molecule has 0 atom stereocenters. The molecule has 0 bridgehead atoms. The fourth-order valence-electron chi connectivity index (χ4n) is 2.34. The molecule has 4 nitrogen and oxygen atoms in total. The van der Waals surface area contributed by atoms with Crippen LogP contribution in [-0.2, 0) is 0 Å². The number of fused-ring (bicyclic) bond motifs is 1. The molecule has 1 N–H and O–H groups in total. The molecule has 0 aliphatic heterocycles. The van der Waals surface area contributed by atoms with Gasteiger partial charge in [-0.05, 0) is 29.7 Å². The molecule has 0 fully saturated rings. The van der Waals surface area contributed by atoms with Crippen molar-refractivity contribution in [3.63, 3.8) is 0 Å². The summed E-state index contributed by atoms with van der Waals surface area (Å²) in [5, 5.41) is 19.9. The molecule has 5 heteroatoms. The Kier molecular flexibility index (Phi) is 5.08. The van der Waals surface area contributed by atoms with Crippen molar-refractivity contribution >= 4 is 22.5 Å². The Hall–Kier alpha value is -1.85. The van der Waals surface area contributed by atoms with Crippen LogP contribution in [0, 0.1) is 0 Å². The summed E-state index contributed by atoms with van der Waals surface area (Å²) < 4.78 is 5.78. The number of unbranched alkanes of at least 4 members (excludes halogenated alkanes) is 2. The van der Waals surface area contributed by atoms with E-state index in [9.17, 15) is 0 Å². The van der Waals surface area contributed by atoms with E-state index in [1.807, 2.05) is 24.3 Å². The first-order valence-corrected chi connectivity index (χ1v) is 8.42. The smallest absolute Gasteiger partial charge is 0.276 e. The summed E-state index contributed by atoms with van der Waals surface area (Å²) >= 11 is 1.57. The van der Waals surface area contributed by atoms with E-state index in [4.69, 9.17) is 9.52 Å². The van der Waals surface area contributed by atoms with Crippen LogP contribution in [0.1, 0.15) is 19.3 Å². The Labute approximate surface area is 133 Å². The lowest BCUT2D eigenvalue weighted by molar-refractivity contribution is 0.284. The molecular formula is C17H18N2O2S. The summed E-state index contributed by atoms with van der Waals surface area (Å²) in [5.74, 6) is 1.49. The lowest BCUT2D eigenvalue weighted by Gasteiger charge is -2.01. The maximum atomic E-state index is 8.75. The lowest BCUT2D eigenvalue weighted by atomic mass is 10.0. The van der Waals surface area contributed by atoms with Crippen molar-refractivity contribution in [2.75, 3.05) is 12.4 Å². The zero-order chi connectivity index (χ0) is 15.2. The quantitative estimate of drug-likeness (QED) is 0.524. The van der Waals surface area contributed by atoms with E-state index < -0.39 is 0 Å². The fraction of sp³-hybridized carbons (Fsp3) is 0.294. The molecule has 0 saturated carbocycles. The van der Waals surface area contributed by atoms with E-state index in [2.05, 4.69) is 28.4 Å². The highest BCUT2D eigenvalue weighted by Gasteiger charge is 2.11. The minimum Gasteiger partial charge on any atom is -0.411 e. The van der Waals surface area contributed by atoms with Gasteiger partial charge in [-0.2, -0.15) is 0 Å². The van der Waals surface area contributed by atoms with Crippen LogP contribution in [0.5, 0.6) is 0 Å². The predicted octanol–water partition coefficient (Wildman–Crippen LogP) is 4.14. The van der Waals surface area contributed by atoms with Gasteiger partial charge in [0.25, 0.3) is 5.22 Å². The fourth-order valence-corrected chi connectivity index (χ4v) is 3.10. The zero-order valence-corrected chi connectivity index (χ0v) is 13.1. The molecule has 1 heterocycles. The Balaban J connectivity index is 1.73. The molecule has 3 aromatic rings. The summed E-state index contributed by atoms with van der Waals surface area (Å²) in [6.07, 6.45) is 2.91. The van der Waals surface area contributed by atoms with Crippen LogP contribution in [-0.4, -0.2) is 27.7 Å². The summed E-state index contributed by atoms with van der Waals surface area (Å²) in [7, 11) is 0. The van der Waals surface area contributed by atoms with Crippen LogP contribution < -0.4 is 0 Å². The maximum Gasteiger partial charge on any atom is 0.276 e. The summed E-state index contributed by atoms with van der Waals surface area (Å²) in [5.41, 5.74) is 0.970. The topological polar surface area (TPSA) is 59.2 Å². The molecule has 0 radical (unpaired) electrons. The lowest BCUT2D eigenvalue weighted by Crippen LogP contribution is -1.85. The highest BCUT2D eigenvalue weighted by atomic mass is 32.2. The first kappa shape index (κ1) is 15.1. The average Bonchev–Trinajstić information content (AvgIpc) is 3.03. The molecule has 2 aromatic carbocycles. The van der Waals surface area contributed by atoms with Gasteiger partial charge in [0.05, 0.1) is 0 Å². The third kappa shape index (κ3) is 3.48. The summed E-state index contributed by atoms with van der Waals surface area (Å²) in [6, 6.07) is 14.3. The molecule has 0 unspecified atom stereocenters. The maximum absolute atomic E-state index is 8.75. The number of aliphatic hydroxyl groups excluding tert-OH is 1. The number of aromatic nitrogens is 2. The van der Waals surface area contributed by atoms with Gasteiger partial charge in [-0.25, -0.2) is 0 Å². The highest BCUT2D eigenvalue weighted by Crippen LogP contribution is 2.29. The first-order chi connectivity index (χ1) is 10.9. The van der Waals surface area contributed by atoms with E-state index in [0.717, 1.165) is 41.4 Å². The molecular weight excluding hydrogens is 296 g/mol. The monoisotopic (exact) mass is 314 g/mol. The van der Waals surface area contributed by atoms with Gasteiger partial charge >= 0.3 is 0 Å². The van der Waals surface area contributed by atoms with Crippen molar-refractivity contribution in [1.82, 2.24) is 10.2 Å². The molecule has 0 amide bonds. The Bertz CT molecular complexity index is 737. The van der Waals surface area contributed by atoms with Gasteiger partial charge in [0.1, 0.15) is 0 Å². The number of thioether (sulfide) groups is 1. The van der Waals surface area contributed by atoms with E-state index in [1.165, 1.54) is 0 Å². The van der Waals surface area contributed by atoms with Crippen molar-refractivity contribution in [3.8, 4) is 11.5 Å². The van der Waals surface area contributed by atoms with Crippen LogP contribution in [0.4, 0.5) is 0 Å². The Morgan fingerprint density at radius 3 is 2.73 bits per heavy atom. The second-order valence-corrected chi connectivity index (χ2v) is 6.08. The molecule has 0 aliphatic rings. The van der Waals surface area contributed by atoms with Gasteiger partial charge in [-0.3, -0.25) is 0 Å². The number of hydrogen-bond donors (Lipinski definition) is 1. The van der Waals surface area contributed by atoms with Gasteiger partial charge in [0, 0.05) is 17.9 Å². The Morgan fingerprint density at radius 1 is 0.955 bits per heavy atom. The summed E-state index contributed by atoms with van der Waals surface area (Å²) in [6.45, 7) is 0.260. The van der Waals surface area contributed by atoms with Crippen molar-refractivity contribution < 1.29 is 9.52 Å². The first-order valence-electron chi connectivity index (χ1n) is 7.44. The number of rotatable bonds is 7. The van der Waals surface area contributed by atoms with E-state index >= 15 is 0 Å². The van der Waals surface area contributed by atoms with Crippen LogP contribution in [0.3, 0.4) is 0 Å². The Morgan fingerprint density at radius 2 is 1.82 bits per heavy atom. The summed E-state index contributed by atoms with van der Waals surface area (Å²) in [4.78, 5) is 0. The van der Waals surface area contributed by atoms with Crippen LogP contribution >= 0.6 is 11.8 Å². The van der Waals surface area contributed by atoms with Crippen molar-refractivity contribution in [3.05, 3.63) is 42.5 Å². The van der Waals surface area contributed by atoms with Crippen LogP contribution in [0.15, 0.2) is 52.1 Å². The SMILES string of the molecule is OCCCCCSc1nnc(-c2cccc3ccccc23)o1. The number of hydrogen-bond acceptors (Lipinski definition) is 5.